The molecule has 0 radical (unpaired) electrons. The van der Waals surface area contributed by atoms with Crippen LogP contribution in [0.2, 0.25) is 0 Å². The third-order valence-electron chi connectivity index (χ3n) is 2.85. The van der Waals surface area contributed by atoms with Crippen LogP contribution in [0.4, 0.5) is 0 Å². The Kier molecular flexibility index (Phi) is 4.06. The molecule has 2 heterocycles. The van der Waals surface area contributed by atoms with E-state index in [9.17, 15) is 0 Å². The van der Waals surface area contributed by atoms with Crippen molar-refractivity contribution >= 4 is 15.9 Å². The van der Waals surface area contributed by atoms with Gasteiger partial charge in [-0.1, -0.05) is 0 Å². The molecule has 0 aliphatic carbocycles. The van der Waals surface area contributed by atoms with Crippen LogP contribution in [-0.4, -0.2) is 20.3 Å². The largest absolute Gasteiger partial charge is 0.308 e. The summed E-state index contributed by atoms with van der Waals surface area (Å²) in [5.74, 6) is 0.836. The topological polar surface area (TPSA) is 42.7 Å². The van der Waals surface area contributed by atoms with E-state index in [1.54, 1.807) is 6.20 Å². The zero-order valence-electron chi connectivity index (χ0n) is 11.7. The fourth-order valence-electron chi connectivity index (χ4n) is 1.70. The van der Waals surface area contributed by atoms with Gasteiger partial charge in [0.25, 0.3) is 0 Å². The van der Waals surface area contributed by atoms with Gasteiger partial charge in [-0.15, -0.1) is 0 Å². The molecule has 0 aliphatic heterocycles. The second-order valence-corrected chi connectivity index (χ2v) is 6.52. The number of halogens is 1. The second kappa shape index (κ2) is 5.43. The van der Waals surface area contributed by atoms with Gasteiger partial charge in [0.15, 0.2) is 5.82 Å². The van der Waals surface area contributed by atoms with Crippen LogP contribution in [-0.2, 0) is 6.54 Å². The molecule has 0 fully saturated rings. The Bertz CT molecular complexity index is 552. The molecule has 0 spiro atoms. The highest BCUT2D eigenvalue weighted by Crippen LogP contribution is 2.15. The lowest BCUT2D eigenvalue weighted by molar-refractivity contribution is 0.424. The van der Waals surface area contributed by atoms with Crippen LogP contribution in [0.25, 0.3) is 5.82 Å². The van der Waals surface area contributed by atoms with Gasteiger partial charge in [0.1, 0.15) is 0 Å². The standard InChI is InChI=1S/C14H19BrN4/c1-10-11(7-17-14(2,3)4)8-18-19(10)13-6-5-12(15)9-16-13/h5-6,8-9,17H,7H2,1-4H3. The van der Waals surface area contributed by atoms with Crippen molar-refractivity contribution < 1.29 is 0 Å². The molecule has 0 aliphatic rings. The van der Waals surface area contributed by atoms with Crippen LogP contribution in [0.15, 0.2) is 29.0 Å². The SMILES string of the molecule is Cc1c(CNC(C)(C)C)cnn1-c1ccc(Br)cn1. The number of hydrogen-bond donors (Lipinski definition) is 1. The van der Waals surface area contributed by atoms with Gasteiger partial charge in [-0.2, -0.15) is 5.10 Å². The van der Waals surface area contributed by atoms with E-state index < -0.39 is 0 Å². The second-order valence-electron chi connectivity index (χ2n) is 5.61. The molecule has 2 rings (SSSR count). The molecule has 5 heteroatoms. The van der Waals surface area contributed by atoms with Crippen LogP contribution < -0.4 is 5.32 Å². The van der Waals surface area contributed by atoms with E-state index in [-0.39, 0.29) is 5.54 Å². The lowest BCUT2D eigenvalue weighted by atomic mass is 10.1. The van der Waals surface area contributed by atoms with Crippen LogP contribution in [0, 0.1) is 6.92 Å². The summed E-state index contributed by atoms with van der Waals surface area (Å²) in [5.41, 5.74) is 2.41. The highest BCUT2D eigenvalue weighted by Gasteiger charge is 2.13. The Balaban J connectivity index is 2.20. The maximum absolute atomic E-state index is 4.42. The average molecular weight is 323 g/mol. The maximum Gasteiger partial charge on any atom is 0.153 e. The minimum atomic E-state index is 0.102. The molecule has 1 N–H and O–H groups in total. The van der Waals surface area contributed by atoms with Gasteiger partial charge in [-0.3, -0.25) is 0 Å². The van der Waals surface area contributed by atoms with Crippen molar-refractivity contribution in [3.8, 4) is 5.82 Å². The summed E-state index contributed by atoms with van der Waals surface area (Å²) < 4.78 is 2.84. The van der Waals surface area contributed by atoms with Crippen LogP contribution in [0.3, 0.4) is 0 Å². The number of hydrogen-bond acceptors (Lipinski definition) is 3. The minimum Gasteiger partial charge on any atom is -0.308 e. The molecule has 0 amide bonds. The first-order valence-electron chi connectivity index (χ1n) is 6.27. The summed E-state index contributed by atoms with van der Waals surface area (Å²) >= 11 is 3.39. The number of rotatable bonds is 3. The molecular formula is C14H19BrN4. The number of nitrogens with one attached hydrogen (secondary N) is 1. The van der Waals surface area contributed by atoms with E-state index in [0.717, 1.165) is 22.5 Å². The van der Waals surface area contributed by atoms with E-state index in [2.05, 4.69) is 59.0 Å². The smallest absolute Gasteiger partial charge is 0.153 e. The summed E-state index contributed by atoms with van der Waals surface area (Å²) in [6.45, 7) is 9.34. The molecule has 2 aromatic heterocycles. The van der Waals surface area contributed by atoms with Crippen LogP contribution >= 0.6 is 15.9 Å². The molecule has 4 nitrogen and oxygen atoms in total. The molecule has 0 unspecified atom stereocenters. The number of aromatic nitrogens is 3. The fraction of sp³-hybridized carbons (Fsp3) is 0.429. The quantitative estimate of drug-likeness (QED) is 0.943. The van der Waals surface area contributed by atoms with Gasteiger partial charge < -0.3 is 5.32 Å². The molecule has 19 heavy (non-hydrogen) atoms. The van der Waals surface area contributed by atoms with E-state index in [4.69, 9.17) is 0 Å². The number of pyridine rings is 1. The van der Waals surface area contributed by atoms with Crippen molar-refractivity contribution in [2.24, 2.45) is 0 Å². The Morgan fingerprint density at radius 3 is 2.58 bits per heavy atom. The molecule has 0 saturated heterocycles. The van der Waals surface area contributed by atoms with Gasteiger partial charge in [-0.25, -0.2) is 9.67 Å². The van der Waals surface area contributed by atoms with E-state index in [0.29, 0.717) is 0 Å². The summed E-state index contributed by atoms with van der Waals surface area (Å²) in [6, 6.07) is 3.92. The molecule has 2 aromatic rings. The fourth-order valence-corrected chi connectivity index (χ4v) is 1.94. The Labute approximate surface area is 122 Å². The zero-order valence-corrected chi connectivity index (χ0v) is 13.3. The van der Waals surface area contributed by atoms with Gasteiger partial charge >= 0.3 is 0 Å². The predicted octanol–water partition coefficient (Wildman–Crippen LogP) is 3.23. The Morgan fingerprint density at radius 1 is 1.26 bits per heavy atom. The first-order valence-corrected chi connectivity index (χ1v) is 7.06. The highest BCUT2D eigenvalue weighted by molar-refractivity contribution is 9.10. The lowest BCUT2D eigenvalue weighted by Gasteiger charge is -2.20. The van der Waals surface area contributed by atoms with Crippen LogP contribution in [0.5, 0.6) is 0 Å². The van der Waals surface area contributed by atoms with E-state index in [1.165, 1.54) is 5.56 Å². The van der Waals surface area contributed by atoms with E-state index >= 15 is 0 Å². The van der Waals surface area contributed by atoms with Gasteiger partial charge in [-0.05, 0) is 55.8 Å². The maximum atomic E-state index is 4.42. The van der Waals surface area contributed by atoms with Gasteiger partial charge in [0.05, 0.1) is 6.20 Å². The van der Waals surface area contributed by atoms with Crippen molar-refractivity contribution in [3.05, 3.63) is 40.3 Å². The summed E-state index contributed by atoms with van der Waals surface area (Å²) in [7, 11) is 0. The van der Waals surface area contributed by atoms with E-state index in [1.807, 2.05) is 23.0 Å². The summed E-state index contributed by atoms with van der Waals surface area (Å²) in [4.78, 5) is 4.36. The van der Waals surface area contributed by atoms with Crippen molar-refractivity contribution in [3.63, 3.8) is 0 Å². The first-order chi connectivity index (χ1) is 8.87. The minimum absolute atomic E-state index is 0.102. The molecule has 0 bridgehead atoms. The number of nitrogens with zero attached hydrogens (tertiary/aromatic N) is 3. The first kappa shape index (κ1) is 14.2. The summed E-state index contributed by atoms with van der Waals surface area (Å²) in [5, 5.41) is 7.89. The summed E-state index contributed by atoms with van der Waals surface area (Å²) in [6.07, 6.45) is 3.68. The molecule has 0 saturated carbocycles. The normalized spacial score (nSPS) is 11.8. The monoisotopic (exact) mass is 322 g/mol. The van der Waals surface area contributed by atoms with Gasteiger partial charge in [0, 0.05) is 34.0 Å². The third kappa shape index (κ3) is 3.64. The molecule has 0 atom stereocenters. The van der Waals surface area contributed by atoms with Crippen molar-refractivity contribution in [1.82, 2.24) is 20.1 Å². The molecule has 0 aromatic carbocycles. The van der Waals surface area contributed by atoms with Crippen molar-refractivity contribution in [2.75, 3.05) is 0 Å². The Morgan fingerprint density at radius 2 is 2.00 bits per heavy atom. The average Bonchev–Trinajstić information content (AvgIpc) is 2.68. The van der Waals surface area contributed by atoms with Crippen molar-refractivity contribution in [1.29, 1.82) is 0 Å². The lowest BCUT2D eigenvalue weighted by Crippen LogP contribution is -2.35. The third-order valence-corrected chi connectivity index (χ3v) is 3.32. The Hall–Kier alpha value is -1.20. The molecule has 102 valence electrons. The van der Waals surface area contributed by atoms with Crippen molar-refractivity contribution in [2.45, 2.75) is 39.8 Å². The predicted molar refractivity (Wildman–Crippen MR) is 80.4 cm³/mol. The molecular weight excluding hydrogens is 304 g/mol. The zero-order chi connectivity index (χ0) is 14.0. The van der Waals surface area contributed by atoms with Gasteiger partial charge in [0.2, 0.25) is 0 Å². The van der Waals surface area contributed by atoms with Crippen LogP contribution in [0.1, 0.15) is 32.0 Å². The highest BCUT2D eigenvalue weighted by atomic mass is 79.9.